The Hall–Kier alpha value is 0.0700. The van der Waals surface area contributed by atoms with Crippen LogP contribution in [-0.2, 0) is 9.53 Å². The molecule has 0 heterocycles. The van der Waals surface area contributed by atoms with E-state index in [2.05, 4.69) is 9.57 Å². The molecule has 0 spiro atoms. The average Bonchev–Trinajstić information content (AvgIpc) is 2.03. The standard InChI is InChI=1S/C6H12ClNO2S/c1-10-6(9)3-5(8-7)4-11-2/h5,8H,3-4H2,1-2H3/t5-/m1/s1. The van der Waals surface area contributed by atoms with E-state index in [9.17, 15) is 4.79 Å². The molecule has 0 bridgehead atoms. The number of hydrogen-bond donors (Lipinski definition) is 1. The van der Waals surface area contributed by atoms with Crippen molar-refractivity contribution in [1.29, 1.82) is 0 Å². The molecule has 0 aromatic heterocycles. The van der Waals surface area contributed by atoms with Gasteiger partial charge < -0.3 is 4.74 Å². The normalized spacial score (nSPS) is 12.6. The Morgan fingerprint density at radius 3 is 2.82 bits per heavy atom. The summed E-state index contributed by atoms with van der Waals surface area (Å²) >= 11 is 7.01. The predicted octanol–water partition coefficient (Wildman–Crippen LogP) is 1.02. The fourth-order valence-electron chi connectivity index (χ4n) is 0.615. The van der Waals surface area contributed by atoms with Gasteiger partial charge in [0.2, 0.25) is 0 Å². The van der Waals surface area contributed by atoms with Crippen LogP contribution in [0.5, 0.6) is 0 Å². The number of esters is 1. The van der Waals surface area contributed by atoms with Crippen LogP contribution in [0.2, 0.25) is 0 Å². The van der Waals surface area contributed by atoms with Crippen LogP contribution in [0, 0.1) is 0 Å². The quantitative estimate of drug-likeness (QED) is 0.528. The number of methoxy groups -OCH3 is 1. The second kappa shape index (κ2) is 6.76. The lowest BCUT2D eigenvalue weighted by Crippen LogP contribution is -2.27. The van der Waals surface area contributed by atoms with Gasteiger partial charge in [-0.1, -0.05) is 0 Å². The molecular formula is C6H12ClNO2S. The van der Waals surface area contributed by atoms with Gasteiger partial charge >= 0.3 is 5.97 Å². The number of nitrogens with one attached hydrogen (secondary N) is 1. The molecule has 0 saturated heterocycles. The van der Waals surface area contributed by atoms with E-state index in [0.717, 1.165) is 5.75 Å². The molecule has 1 atom stereocenters. The van der Waals surface area contributed by atoms with E-state index in [1.807, 2.05) is 6.26 Å². The Labute approximate surface area is 75.9 Å². The smallest absolute Gasteiger partial charge is 0.307 e. The fraction of sp³-hybridized carbons (Fsp3) is 0.833. The van der Waals surface area contributed by atoms with Crippen LogP contribution in [0.3, 0.4) is 0 Å². The summed E-state index contributed by atoms with van der Waals surface area (Å²) in [5.41, 5.74) is 0. The van der Waals surface area contributed by atoms with Gasteiger partial charge in [0.1, 0.15) is 0 Å². The molecule has 0 aromatic rings. The minimum atomic E-state index is -0.239. The average molecular weight is 198 g/mol. The van der Waals surface area contributed by atoms with Gasteiger partial charge in [-0.15, -0.1) is 0 Å². The number of carbonyl (C=O) groups excluding carboxylic acids is 1. The molecule has 1 N–H and O–H groups in total. The topological polar surface area (TPSA) is 38.3 Å². The lowest BCUT2D eigenvalue weighted by Gasteiger charge is -2.10. The van der Waals surface area contributed by atoms with Crippen LogP contribution in [0.1, 0.15) is 6.42 Å². The molecule has 0 rings (SSSR count). The van der Waals surface area contributed by atoms with E-state index in [1.165, 1.54) is 7.11 Å². The van der Waals surface area contributed by atoms with Crippen molar-refractivity contribution in [3.05, 3.63) is 0 Å². The molecule has 0 saturated carbocycles. The maximum absolute atomic E-state index is 10.7. The zero-order valence-corrected chi connectivity index (χ0v) is 8.17. The van der Waals surface area contributed by atoms with Gasteiger partial charge in [0.25, 0.3) is 0 Å². The Morgan fingerprint density at radius 1 is 1.82 bits per heavy atom. The summed E-state index contributed by atoms with van der Waals surface area (Å²) in [5.74, 6) is 0.565. The molecule has 0 amide bonds. The third kappa shape index (κ3) is 5.35. The van der Waals surface area contributed by atoms with Crippen molar-refractivity contribution in [1.82, 2.24) is 4.84 Å². The monoisotopic (exact) mass is 197 g/mol. The summed E-state index contributed by atoms with van der Waals surface area (Å²) in [6.45, 7) is 0. The molecule has 0 unspecified atom stereocenters. The van der Waals surface area contributed by atoms with Gasteiger partial charge in [0.05, 0.1) is 13.5 Å². The molecule has 0 aliphatic rings. The molecule has 66 valence electrons. The molecule has 11 heavy (non-hydrogen) atoms. The first kappa shape index (κ1) is 11.1. The van der Waals surface area contributed by atoms with Gasteiger partial charge in [-0.3, -0.25) is 4.79 Å². The highest BCUT2D eigenvalue weighted by atomic mass is 35.5. The van der Waals surface area contributed by atoms with Crippen LogP contribution in [0.25, 0.3) is 0 Å². The molecule has 0 aromatic carbocycles. The number of rotatable bonds is 5. The van der Waals surface area contributed by atoms with Crippen molar-refractivity contribution in [2.45, 2.75) is 12.5 Å². The first-order chi connectivity index (χ1) is 5.24. The van der Waals surface area contributed by atoms with Crippen molar-refractivity contribution >= 4 is 29.5 Å². The lowest BCUT2D eigenvalue weighted by molar-refractivity contribution is -0.140. The van der Waals surface area contributed by atoms with E-state index in [4.69, 9.17) is 11.8 Å². The molecule has 0 aliphatic heterocycles. The highest BCUT2D eigenvalue weighted by Crippen LogP contribution is 2.03. The zero-order valence-electron chi connectivity index (χ0n) is 6.59. The number of halogens is 1. The lowest BCUT2D eigenvalue weighted by atomic mass is 10.2. The third-order valence-electron chi connectivity index (χ3n) is 1.16. The summed E-state index contributed by atoms with van der Waals surface area (Å²) < 4.78 is 4.48. The van der Waals surface area contributed by atoms with Crippen molar-refractivity contribution in [3.63, 3.8) is 0 Å². The largest absolute Gasteiger partial charge is 0.469 e. The van der Waals surface area contributed by atoms with Gasteiger partial charge in [-0.25, -0.2) is 4.84 Å². The number of ether oxygens (including phenoxy) is 1. The van der Waals surface area contributed by atoms with Gasteiger partial charge in [0.15, 0.2) is 0 Å². The molecule has 0 radical (unpaired) electrons. The minimum Gasteiger partial charge on any atom is -0.469 e. The van der Waals surface area contributed by atoms with Crippen LogP contribution < -0.4 is 4.84 Å². The SMILES string of the molecule is COC(=O)C[C@H](CSC)NCl. The highest BCUT2D eigenvalue weighted by molar-refractivity contribution is 7.98. The van der Waals surface area contributed by atoms with E-state index >= 15 is 0 Å². The minimum absolute atomic E-state index is 0.000818. The Bertz CT molecular complexity index is 123. The second-order valence-electron chi connectivity index (χ2n) is 2.04. The molecule has 0 fully saturated rings. The van der Waals surface area contributed by atoms with Crippen LogP contribution in [-0.4, -0.2) is 31.1 Å². The summed E-state index contributed by atoms with van der Waals surface area (Å²) in [4.78, 5) is 13.2. The highest BCUT2D eigenvalue weighted by Gasteiger charge is 2.11. The first-order valence-corrected chi connectivity index (χ1v) is 4.93. The Kier molecular flexibility index (Phi) is 6.80. The predicted molar refractivity (Wildman–Crippen MR) is 47.8 cm³/mol. The first-order valence-electron chi connectivity index (χ1n) is 3.16. The van der Waals surface area contributed by atoms with Gasteiger partial charge in [-0.2, -0.15) is 11.8 Å². The Morgan fingerprint density at radius 2 is 2.45 bits per heavy atom. The van der Waals surface area contributed by atoms with E-state index < -0.39 is 0 Å². The molecule has 5 heteroatoms. The fourth-order valence-corrected chi connectivity index (χ4v) is 1.46. The van der Waals surface area contributed by atoms with Crippen molar-refractivity contribution in [3.8, 4) is 0 Å². The summed E-state index contributed by atoms with van der Waals surface area (Å²) in [6, 6.07) is -0.000818. The van der Waals surface area contributed by atoms with Gasteiger partial charge in [-0.05, 0) is 18.0 Å². The van der Waals surface area contributed by atoms with Crippen molar-refractivity contribution in [2.24, 2.45) is 0 Å². The van der Waals surface area contributed by atoms with Crippen molar-refractivity contribution < 1.29 is 9.53 Å². The third-order valence-corrected chi connectivity index (χ3v) is 2.21. The van der Waals surface area contributed by atoms with Crippen LogP contribution >= 0.6 is 23.5 Å². The van der Waals surface area contributed by atoms with Crippen LogP contribution in [0.15, 0.2) is 0 Å². The van der Waals surface area contributed by atoms with Gasteiger partial charge in [0, 0.05) is 11.8 Å². The summed E-state index contributed by atoms with van der Waals surface area (Å²) in [5, 5.41) is 0. The van der Waals surface area contributed by atoms with E-state index in [0.29, 0.717) is 6.42 Å². The number of thioether (sulfide) groups is 1. The van der Waals surface area contributed by atoms with Crippen LogP contribution in [0.4, 0.5) is 0 Å². The summed E-state index contributed by atoms with van der Waals surface area (Å²) in [6.07, 6.45) is 2.28. The van der Waals surface area contributed by atoms with Crippen molar-refractivity contribution in [2.75, 3.05) is 19.1 Å². The second-order valence-corrected chi connectivity index (χ2v) is 3.17. The number of hydrogen-bond acceptors (Lipinski definition) is 4. The maximum atomic E-state index is 10.7. The zero-order chi connectivity index (χ0) is 8.69. The number of carbonyl (C=O) groups is 1. The van der Waals surface area contributed by atoms with E-state index in [-0.39, 0.29) is 12.0 Å². The molecular weight excluding hydrogens is 186 g/mol. The summed E-state index contributed by atoms with van der Waals surface area (Å²) in [7, 11) is 1.37. The molecule has 0 aliphatic carbocycles. The Balaban J connectivity index is 3.58. The van der Waals surface area contributed by atoms with E-state index in [1.54, 1.807) is 11.8 Å². The maximum Gasteiger partial charge on any atom is 0.307 e. The molecule has 3 nitrogen and oxygen atoms in total.